The quantitative estimate of drug-likeness (QED) is 0.584. The summed E-state index contributed by atoms with van der Waals surface area (Å²) in [5, 5.41) is 30.9. The number of phenols is 3. The van der Waals surface area contributed by atoms with E-state index < -0.39 is 0 Å². The van der Waals surface area contributed by atoms with Crippen LogP contribution in [0.15, 0.2) is 24.3 Å². The van der Waals surface area contributed by atoms with Crippen LogP contribution in [0.1, 0.15) is 37.5 Å². The van der Waals surface area contributed by atoms with E-state index in [0.29, 0.717) is 17.5 Å². The molecule has 0 aromatic heterocycles. The van der Waals surface area contributed by atoms with Gasteiger partial charge in [0, 0.05) is 5.56 Å². The molecular weight excluding hydrogens is 264 g/mol. The van der Waals surface area contributed by atoms with Crippen LogP contribution in [0.4, 0.5) is 0 Å². The SMILES string of the molecule is CCc1cc(O)c(-c2c(CC)cccc2CC)c(O)c1O. The molecule has 0 aliphatic heterocycles. The topological polar surface area (TPSA) is 60.7 Å². The number of phenolic OH excluding ortho intramolecular Hbond substituents is 3. The fraction of sp³-hybridized carbons (Fsp3) is 0.333. The predicted octanol–water partition coefficient (Wildman–Crippen LogP) is 4.16. The molecule has 0 aliphatic rings. The number of hydrogen-bond acceptors (Lipinski definition) is 3. The molecule has 0 unspecified atom stereocenters. The molecule has 0 saturated carbocycles. The minimum absolute atomic E-state index is 0.0118. The summed E-state index contributed by atoms with van der Waals surface area (Å²) in [7, 11) is 0. The van der Waals surface area contributed by atoms with Gasteiger partial charge in [-0.05, 0) is 42.0 Å². The van der Waals surface area contributed by atoms with E-state index in [9.17, 15) is 15.3 Å². The van der Waals surface area contributed by atoms with Crippen molar-refractivity contribution in [1.82, 2.24) is 0 Å². The zero-order valence-electron chi connectivity index (χ0n) is 12.8. The molecule has 0 spiro atoms. The summed E-state index contributed by atoms with van der Waals surface area (Å²) < 4.78 is 0. The van der Waals surface area contributed by atoms with Gasteiger partial charge in [0.1, 0.15) is 5.75 Å². The highest BCUT2D eigenvalue weighted by Crippen LogP contribution is 2.47. The lowest BCUT2D eigenvalue weighted by Gasteiger charge is -2.18. The molecule has 0 heterocycles. The largest absolute Gasteiger partial charge is 0.507 e. The normalized spacial score (nSPS) is 10.8. The Morgan fingerprint density at radius 1 is 0.714 bits per heavy atom. The van der Waals surface area contributed by atoms with Crippen LogP contribution >= 0.6 is 0 Å². The Bertz CT molecular complexity index is 638. The van der Waals surface area contributed by atoms with E-state index in [4.69, 9.17) is 0 Å². The van der Waals surface area contributed by atoms with Gasteiger partial charge in [-0.2, -0.15) is 0 Å². The van der Waals surface area contributed by atoms with E-state index in [0.717, 1.165) is 29.5 Å². The molecule has 2 rings (SSSR count). The minimum Gasteiger partial charge on any atom is -0.507 e. The third-order valence-electron chi connectivity index (χ3n) is 3.96. The first-order chi connectivity index (χ1) is 10.0. The number of hydrogen-bond donors (Lipinski definition) is 3. The average Bonchev–Trinajstić information content (AvgIpc) is 2.50. The third kappa shape index (κ3) is 2.56. The second kappa shape index (κ2) is 6.08. The van der Waals surface area contributed by atoms with Crippen molar-refractivity contribution in [1.29, 1.82) is 0 Å². The zero-order chi connectivity index (χ0) is 15.6. The van der Waals surface area contributed by atoms with Gasteiger partial charge in [0.15, 0.2) is 11.5 Å². The second-order valence-corrected chi connectivity index (χ2v) is 5.14. The standard InChI is InChI=1S/C18H22O3/c1-4-11-8-7-9-12(5-2)15(11)16-14(19)10-13(6-3)17(20)18(16)21/h7-10,19-21H,4-6H2,1-3H3. The van der Waals surface area contributed by atoms with Crippen LogP contribution in [-0.2, 0) is 19.3 Å². The first kappa shape index (κ1) is 15.2. The molecule has 21 heavy (non-hydrogen) atoms. The van der Waals surface area contributed by atoms with Crippen LogP contribution in [0.5, 0.6) is 17.2 Å². The molecule has 0 saturated heterocycles. The summed E-state index contributed by atoms with van der Waals surface area (Å²) in [6.45, 7) is 5.93. The fourth-order valence-electron chi connectivity index (χ4n) is 2.78. The molecular formula is C18H22O3. The molecule has 112 valence electrons. The van der Waals surface area contributed by atoms with E-state index in [2.05, 4.69) is 0 Å². The number of rotatable bonds is 4. The van der Waals surface area contributed by atoms with E-state index in [-0.39, 0.29) is 17.2 Å². The van der Waals surface area contributed by atoms with Crippen molar-refractivity contribution in [2.24, 2.45) is 0 Å². The maximum Gasteiger partial charge on any atom is 0.169 e. The summed E-state index contributed by atoms with van der Waals surface area (Å²) in [6.07, 6.45) is 2.12. The molecule has 0 fully saturated rings. The van der Waals surface area contributed by atoms with Gasteiger partial charge in [0.05, 0.1) is 5.56 Å². The first-order valence-electron chi connectivity index (χ1n) is 7.42. The van der Waals surface area contributed by atoms with Crippen molar-refractivity contribution in [3.05, 3.63) is 41.0 Å². The van der Waals surface area contributed by atoms with Crippen molar-refractivity contribution in [2.75, 3.05) is 0 Å². The Hall–Kier alpha value is -2.16. The van der Waals surface area contributed by atoms with E-state index >= 15 is 0 Å². The summed E-state index contributed by atoms with van der Waals surface area (Å²) in [5.74, 6) is -0.363. The lowest BCUT2D eigenvalue weighted by Crippen LogP contribution is -1.96. The van der Waals surface area contributed by atoms with Crippen molar-refractivity contribution >= 4 is 0 Å². The van der Waals surface area contributed by atoms with Gasteiger partial charge < -0.3 is 15.3 Å². The average molecular weight is 286 g/mol. The maximum atomic E-state index is 10.4. The van der Waals surface area contributed by atoms with Crippen molar-refractivity contribution < 1.29 is 15.3 Å². The van der Waals surface area contributed by atoms with Crippen LogP contribution in [0.25, 0.3) is 11.1 Å². The lowest BCUT2D eigenvalue weighted by molar-refractivity contribution is 0.394. The smallest absolute Gasteiger partial charge is 0.169 e. The number of aromatic hydroxyl groups is 3. The highest BCUT2D eigenvalue weighted by molar-refractivity contribution is 5.84. The Labute approximate surface area is 125 Å². The van der Waals surface area contributed by atoms with Crippen molar-refractivity contribution in [3.8, 4) is 28.4 Å². The minimum atomic E-state index is -0.234. The Kier molecular flexibility index (Phi) is 4.41. The maximum absolute atomic E-state index is 10.4. The molecule has 0 amide bonds. The van der Waals surface area contributed by atoms with Crippen LogP contribution in [0, 0.1) is 0 Å². The Morgan fingerprint density at radius 2 is 1.24 bits per heavy atom. The predicted molar refractivity (Wildman–Crippen MR) is 85.0 cm³/mol. The van der Waals surface area contributed by atoms with Gasteiger partial charge in [0.25, 0.3) is 0 Å². The molecule has 3 nitrogen and oxygen atoms in total. The van der Waals surface area contributed by atoms with Crippen LogP contribution in [0.3, 0.4) is 0 Å². The fourth-order valence-corrected chi connectivity index (χ4v) is 2.78. The Balaban J connectivity index is 2.82. The van der Waals surface area contributed by atoms with Crippen molar-refractivity contribution in [2.45, 2.75) is 40.0 Å². The monoisotopic (exact) mass is 286 g/mol. The highest BCUT2D eigenvalue weighted by atomic mass is 16.3. The van der Waals surface area contributed by atoms with E-state index in [1.54, 1.807) is 0 Å². The third-order valence-corrected chi connectivity index (χ3v) is 3.96. The van der Waals surface area contributed by atoms with Gasteiger partial charge in [-0.1, -0.05) is 39.0 Å². The molecule has 3 N–H and O–H groups in total. The van der Waals surface area contributed by atoms with E-state index in [1.165, 1.54) is 6.07 Å². The van der Waals surface area contributed by atoms with E-state index in [1.807, 2.05) is 39.0 Å². The van der Waals surface area contributed by atoms with Crippen LogP contribution < -0.4 is 0 Å². The molecule has 0 atom stereocenters. The summed E-state index contributed by atoms with van der Waals surface area (Å²) in [6, 6.07) is 7.49. The van der Waals surface area contributed by atoms with Crippen molar-refractivity contribution in [3.63, 3.8) is 0 Å². The lowest BCUT2D eigenvalue weighted by atomic mass is 9.89. The molecule has 0 bridgehead atoms. The highest BCUT2D eigenvalue weighted by Gasteiger charge is 2.21. The Morgan fingerprint density at radius 3 is 1.71 bits per heavy atom. The van der Waals surface area contributed by atoms with Crippen LogP contribution in [-0.4, -0.2) is 15.3 Å². The van der Waals surface area contributed by atoms with Gasteiger partial charge >= 0.3 is 0 Å². The van der Waals surface area contributed by atoms with Gasteiger partial charge in [-0.25, -0.2) is 0 Å². The van der Waals surface area contributed by atoms with Gasteiger partial charge in [0.2, 0.25) is 0 Å². The van der Waals surface area contributed by atoms with Crippen LogP contribution in [0.2, 0.25) is 0 Å². The zero-order valence-corrected chi connectivity index (χ0v) is 12.8. The first-order valence-corrected chi connectivity index (χ1v) is 7.42. The molecule has 0 aliphatic carbocycles. The molecule has 2 aromatic carbocycles. The molecule has 3 heteroatoms. The summed E-state index contributed by atoms with van der Waals surface area (Å²) in [4.78, 5) is 0. The number of aryl methyl sites for hydroxylation is 3. The molecule has 2 aromatic rings. The second-order valence-electron chi connectivity index (χ2n) is 5.14. The molecule has 0 radical (unpaired) electrons. The van der Waals surface area contributed by atoms with Gasteiger partial charge in [-0.15, -0.1) is 0 Å². The summed E-state index contributed by atoms with van der Waals surface area (Å²) in [5.41, 5.74) is 3.79. The van der Waals surface area contributed by atoms with Gasteiger partial charge in [-0.3, -0.25) is 0 Å². The summed E-state index contributed by atoms with van der Waals surface area (Å²) >= 11 is 0. The number of benzene rings is 2.